The van der Waals surface area contributed by atoms with Crippen molar-refractivity contribution in [3.8, 4) is 45.5 Å². The van der Waals surface area contributed by atoms with Gasteiger partial charge in [0.05, 0.1) is 11.1 Å². The molecule has 2 heterocycles. The number of fused-ring (bicyclic) bond motifs is 6. The standard InChI is InChI=1S/C38H20N2S2/c39-21-24-16-15-23(17-28(24)22-40)25-18-26(29-9-5-13-35-37(29)31-7-1-3-11-33(31)41-35)20-27(19-25)30-10-6-14-36-38(30)32-8-2-4-12-34(32)42-36/h1-20H. The lowest BCUT2D eigenvalue weighted by molar-refractivity contribution is 1.43. The second-order valence-electron chi connectivity index (χ2n) is 10.3. The van der Waals surface area contributed by atoms with E-state index >= 15 is 0 Å². The lowest BCUT2D eigenvalue weighted by atomic mass is 9.89. The van der Waals surface area contributed by atoms with Crippen LogP contribution in [-0.4, -0.2) is 0 Å². The Hall–Kier alpha value is -5.26. The van der Waals surface area contributed by atoms with Crippen LogP contribution in [0.5, 0.6) is 0 Å². The van der Waals surface area contributed by atoms with Crippen LogP contribution in [0, 0.1) is 22.7 Å². The molecule has 8 aromatic rings. The molecule has 0 aliphatic carbocycles. The summed E-state index contributed by atoms with van der Waals surface area (Å²) in [4.78, 5) is 0. The molecule has 2 nitrogen and oxygen atoms in total. The molecule has 42 heavy (non-hydrogen) atoms. The smallest absolute Gasteiger partial charge is 0.101 e. The highest BCUT2D eigenvalue weighted by Crippen LogP contribution is 2.44. The molecular weight excluding hydrogens is 549 g/mol. The molecular formula is C38H20N2S2. The van der Waals surface area contributed by atoms with E-state index in [1.807, 2.05) is 34.8 Å². The summed E-state index contributed by atoms with van der Waals surface area (Å²) < 4.78 is 5.07. The fourth-order valence-corrected chi connectivity index (χ4v) is 8.31. The van der Waals surface area contributed by atoms with Crippen molar-refractivity contribution in [3.63, 3.8) is 0 Å². The van der Waals surface area contributed by atoms with Crippen LogP contribution < -0.4 is 0 Å². The number of hydrogen-bond donors (Lipinski definition) is 0. The maximum absolute atomic E-state index is 9.78. The van der Waals surface area contributed by atoms with Gasteiger partial charge in [0, 0.05) is 40.3 Å². The highest BCUT2D eigenvalue weighted by Gasteiger charge is 2.16. The predicted molar refractivity (Wildman–Crippen MR) is 178 cm³/mol. The largest absolute Gasteiger partial charge is 0.192 e. The number of nitriles is 2. The van der Waals surface area contributed by atoms with Gasteiger partial charge in [0.2, 0.25) is 0 Å². The molecule has 6 aromatic carbocycles. The normalized spacial score (nSPS) is 11.3. The number of hydrogen-bond acceptors (Lipinski definition) is 4. The minimum absolute atomic E-state index is 0.388. The van der Waals surface area contributed by atoms with Crippen LogP contribution in [0.4, 0.5) is 0 Å². The Bertz CT molecular complexity index is 2310. The lowest BCUT2D eigenvalue weighted by Gasteiger charge is -2.14. The Labute approximate surface area is 250 Å². The third-order valence-corrected chi connectivity index (χ3v) is 10.2. The van der Waals surface area contributed by atoms with Gasteiger partial charge in [-0.05, 0) is 88.0 Å². The SMILES string of the molecule is N#Cc1ccc(-c2cc(-c3cccc4sc5ccccc5c34)cc(-c3cccc4sc5ccccc5c34)c2)cc1C#N. The molecule has 0 saturated heterocycles. The Morgan fingerprint density at radius 2 is 0.905 bits per heavy atom. The van der Waals surface area contributed by atoms with E-state index in [1.165, 1.54) is 51.5 Å². The summed E-state index contributed by atoms with van der Waals surface area (Å²) in [6.45, 7) is 0. The van der Waals surface area contributed by atoms with E-state index in [0.717, 1.165) is 22.3 Å². The van der Waals surface area contributed by atoms with Gasteiger partial charge in [-0.15, -0.1) is 22.7 Å². The number of thiophene rings is 2. The summed E-state index contributed by atoms with van der Waals surface area (Å²) in [5.41, 5.74) is 7.32. The number of benzene rings is 6. The Morgan fingerprint density at radius 1 is 0.405 bits per heavy atom. The quantitative estimate of drug-likeness (QED) is 0.213. The second kappa shape index (κ2) is 9.68. The third kappa shape index (κ3) is 3.82. The van der Waals surface area contributed by atoms with Crippen molar-refractivity contribution in [3.05, 3.63) is 132 Å². The van der Waals surface area contributed by atoms with Gasteiger partial charge in [0.15, 0.2) is 0 Å². The first-order valence-electron chi connectivity index (χ1n) is 13.6. The summed E-state index contributed by atoms with van der Waals surface area (Å²) in [7, 11) is 0. The molecule has 0 fully saturated rings. The van der Waals surface area contributed by atoms with E-state index in [0.29, 0.717) is 11.1 Å². The average Bonchev–Trinajstić information content (AvgIpc) is 3.62. The van der Waals surface area contributed by atoms with Gasteiger partial charge >= 0.3 is 0 Å². The molecule has 194 valence electrons. The third-order valence-electron chi connectivity index (χ3n) is 7.95. The zero-order valence-corrected chi connectivity index (χ0v) is 23.9. The van der Waals surface area contributed by atoms with Crippen molar-refractivity contribution in [1.82, 2.24) is 0 Å². The lowest BCUT2D eigenvalue weighted by Crippen LogP contribution is -1.90. The highest BCUT2D eigenvalue weighted by atomic mass is 32.1. The summed E-state index contributed by atoms with van der Waals surface area (Å²) in [6, 6.07) is 47.0. The molecule has 0 aliphatic heterocycles. The van der Waals surface area contributed by atoms with Gasteiger partial charge in [-0.3, -0.25) is 0 Å². The van der Waals surface area contributed by atoms with E-state index in [1.54, 1.807) is 6.07 Å². The van der Waals surface area contributed by atoms with Gasteiger partial charge in [-0.25, -0.2) is 0 Å². The van der Waals surface area contributed by atoms with Gasteiger partial charge < -0.3 is 0 Å². The summed E-state index contributed by atoms with van der Waals surface area (Å²) >= 11 is 3.64. The molecule has 4 heteroatoms. The maximum Gasteiger partial charge on any atom is 0.101 e. The molecule has 0 radical (unpaired) electrons. The highest BCUT2D eigenvalue weighted by molar-refractivity contribution is 7.26. The van der Waals surface area contributed by atoms with E-state index in [4.69, 9.17) is 0 Å². The van der Waals surface area contributed by atoms with Crippen molar-refractivity contribution >= 4 is 63.0 Å². The molecule has 0 N–H and O–H groups in total. The van der Waals surface area contributed by atoms with E-state index in [9.17, 15) is 10.5 Å². The van der Waals surface area contributed by atoms with Gasteiger partial charge in [0.25, 0.3) is 0 Å². The zero-order valence-electron chi connectivity index (χ0n) is 22.3. The first kappa shape index (κ1) is 24.5. The van der Waals surface area contributed by atoms with Crippen molar-refractivity contribution in [2.75, 3.05) is 0 Å². The fraction of sp³-hybridized carbons (Fsp3) is 0. The molecule has 0 atom stereocenters. The fourth-order valence-electron chi connectivity index (χ4n) is 6.05. The van der Waals surface area contributed by atoms with Crippen molar-refractivity contribution in [1.29, 1.82) is 10.5 Å². The topological polar surface area (TPSA) is 47.6 Å². The summed E-state index contributed by atoms with van der Waals surface area (Å²) in [5.74, 6) is 0. The summed E-state index contributed by atoms with van der Waals surface area (Å²) in [5, 5.41) is 24.4. The number of rotatable bonds is 3. The molecule has 2 aromatic heterocycles. The second-order valence-corrected chi connectivity index (χ2v) is 12.5. The molecule has 0 amide bonds. The Balaban J connectivity index is 1.45. The van der Waals surface area contributed by atoms with Crippen LogP contribution in [0.15, 0.2) is 121 Å². The minimum atomic E-state index is 0.388. The van der Waals surface area contributed by atoms with Gasteiger partial charge in [-0.1, -0.05) is 66.7 Å². The molecule has 0 bridgehead atoms. The average molecular weight is 569 g/mol. The first-order valence-corrected chi connectivity index (χ1v) is 15.3. The Kier molecular flexibility index (Phi) is 5.66. The maximum atomic E-state index is 9.78. The predicted octanol–water partition coefficient (Wildman–Crippen LogP) is 11.2. The molecule has 8 rings (SSSR count). The monoisotopic (exact) mass is 568 g/mol. The van der Waals surface area contributed by atoms with Gasteiger partial charge in [-0.2, -0.15) is 10.5 Å². The van der Waals surface area contributed by atoms with Crippen LogP contribution in [0.1, 0.15) is 11.1 Å². The zero-order chi connectivity index (χ0) is 28.2. The van der Waals surface area contributed by atoms with E-state index in [2.05, 4.69) is 115 Å². The van der Waals surface area contributed by atoms with Crippen molar-refractivity contribution < 1.29 is 0 Å². The molecule has 0 aliphatic rings. The summed E-state index contributed by atoms with van der Waals surface area (Å²) in [6.07, 6.45) is 0. The van der Waals surface area contributed by atoms with Crippen LogP contribution in [0.25, 0.3) is 73.7 Å². The van der Waals surface area contributed by atoms with Crippen LogP contribution in [0.2, 0.25) is 0 Å². The van der Waals surface area contributed by atoms with Crippen LogP contribution in [0.3, 0.4) is 0 Å². The molecule has 0 saturated carbocycles. The Morgan fingerprint density at radius 3 is 1.45 bits per heavy atom. The van der Waals surface area contributed by atoms with Crippen LogP contribution in [-0.2, 0) is 0 Å². The first-order chi connectivity index (χ1) is 20.7. The van der Waals surface area contributed by atoms with Crippen molar-refractivity contribution in [2.24, 2.45) is 0 Å². The number of nitrogens with zero attached hydrogens (tertiary/aromatic N) is 2. The van der Waals surface area contributed by atoms with E-state index in [-0.39, 0.29) is 0 Å². The van der Waals surface area contributed by atoms with Crippen LogP contribution >= 0.6 is 22.7 Å². The molecule has 0 unspecified atom stereocenters. The van der Waals surface area contributed by atoms with E-state index < -0.39 is 0 Å². The van der Waals surface area contributed by atoms with Gasteiger partial charge in [0.1, 0.15) is 12.1 Å². The van der Waals surface area contributed by atoms with Crippen molar-refractivity contribution in [2.45, 2.75) is 0 Å². The minimum Gasteiger partial charge on any atom is -0.192 e. The molecule has 0 spiro atoms.